The molecule has 1 atom stereocenters. The summed E-state index contributed by atoms with van der Waals surface area (Å²) in [6.07, 6.45) is 0. The van der Waals surface area contributed by atoms with Crippen molar-refractivity contribution in [2.45, 2.75) is 10.9 Å². The molecule has 0 amide bonds. The maximum Gasteiger partial charge on any atom is 0.240 e. The Morgan fingerprint density at radius 1 is 1.07 bits per heavy atom. The van der Waals surface area contributed by atoms with Crippen molar-refractivity contribution in [1.29, 1.82) is 0 Å². The molecule has 0 saturated carbocycles. The molecule has 1 unspecified atom stereocenters. The summed E-state index contributed by atoms with van der Waals surface area (Å²) < 4.78 is 46.6. The molecular weight excluding hydrogens is 414 g/mol. The number of benzene rings is 2. The average molecular weight is 433 g/mol. The number of sulfonamides is 1. The predicted molar refractivity (Wildman–Crippen MR) is 103 cm³/mol. The molecule has 1 heterocycles. The highest BCUT2D eigenvalue weighted by molar-refractivity contribution is 7.89. The maximum absolute atomic E-state index is 13.3. The van der Waals surface area contributed by atoms with Gasteiger partial charge in [-0.1, -0.05) is 35.3 Å². The van der Waals surface area contributed by atoms with Crippen LogP contribution in [0.25, 0.3) is 0 Å². The molecule has 0 aromatic heterocycles. The molecule has 2 aromatic rings. The summed E-state index contributed by atoms with van der Waals surface area (Å²) in [6.45, 7) is 2.59. The largest absolute Gasteiger partial charge is 0.379 e. The highest BCUT2D eigenvalue weighted by atomic mass is 35.5. The number of hydrogen-bond acceptors (Lipinski definition) is 4. The van der Waals surface area contributed by atoms with Crippen LogP contribution < -0.4 is 4.72 Å². The van der Waals surface area contributed by atoms with Gasteiger partial charge >= 0.3 is 0 Å². The molecule has 9 heteroatoms. The first-order valence-corrected chi connectivity index (χ1v) is 10.6. The quantitative estimate of drug-likeness (QED) is 0.758. The smallest absolute Gasteiger partial charge is 0.240 e. The molecule has 0 aliphatic carbocycles. The SMILES string of the molecule is O=S(=O)(NCC(c1ccc(F)cc1)N1CCOCC1)c1ccc(Cl)c(Cl)c1. The van der Waals surface area contributed by atoms with Crippen LogP contribution in [0.4, 0.5) is 4.39 Å². The highest BCUT2D eigenvalue weighted by Crippen LogP contribution is 2.26. The van der Waals surface area contributed by atoms with E-state index in [-0.39, 0.29) is 33.3 Å². The molecule has 1 aliphatic rings. The third-order valence-electron chi connectivity index (χ3n) is 4.41. The van der Waals surface area contributed by atoms with Crippen LogP contribution in [-0.2, 0) is 14.8 Å². The Bertz CT molecular complexity index is 888. The standard InChI is InChI=1S/C18H19Cl2FN2O3S/c19-16-6-5-15(11-17(16)20)27(24,25)22-12-18(23-7-9-26-10-8-23)13-1-3-14(21)4-2-13/h1-6,11,18,22H,7-10,12H2. The summed E-state index contributed by atoms with van der Waals surface area (Å²) in [7, 11) is -3.77. The molecule has 146 valence electrons. The van der Waals surface area contributed by atoms with E-state index in [4.69, 9.17) is 27.9 Å². The van der Waals surface area contributed by atoms with Gasteiger partial charge < -0.3 is 4.74 Å². The lowest BCUT2D eigenvalue weighted by Crippen LogP contribution is -2.43. The third-order valence-corrected chi connectivity index (χ3v) is 6.57. The maximum atomic E-state index is 13.3. The molecular formula is C18H19Cl2FN2O3S. The van der Waals surface area contributed by atoms with Gasteiger partial charge in [-0.2, -0.15) is 0 Å². The summed E-state index contributed by atoms with van der Waals surface area (Å²) in [6, 6.07) is 9.99. The molecule has 27 heavy (non-hydrogen) atoms. The first-order valence-electron chi connectivity index (χ1n) is 8.39. The van der Waals surface area contributed by atoms with Gasteiger partial charge in [0.1, 0.15) is 5.82 Å². The highest BCUT2D eigenvalue weighted by Gasteiger charge is 2.25. The van der Waals surface area contributed by atoms with Gasteiger partial charge in [-0.15, -0.1) is 0 Å². The number of rotatable bonds is 6. The van der Waals surface area contributed by atoms with Gasteiger partial charge in [0.05, 0.1) is 28.2 Å². The van der Waals surface area contributed by atoms with Crippen LogP contribution in [0.2, 0.25) is 10.0 Å². The van der Waals surface area contributed by atoms with Crippen LogP contribution in [-0.4, -0.2) is 46.2 Å². The summed E-state index contributed by atoms with van der Waals surface area (Å²) in [5.74, 6) is -0.337. The van der Waals surface area contributed by atoms with Gasteiger partial charge in [0.15, 0.2) is 0 Å². The van der Waals surface area contributed by atoms with Crippen LogP contribution in [0.15, 0.2) is 47.4 Å². The predicted octanol–water partition coefficient (Wildman–Crippen LogP) is 3.48. The molecule has 1 saturated heterocycles. The topological polar surface area (TPSA) is 58.6 Å². The molecule has 0 bridgehead atoms. The van der Waals surface area contributed by atoms with Gasteiger partial charge in [-0.3, -0.25) is 4.90 Å². The summed E-state index contributed by atoms with van der Waals surface area (Å²) >= 11 is 11.8. The minimum absolute atomic E-state index is 0.0386. The van der Waals surface area contributed by atoms with Crippen molar-refractivity contribution < 1.29 is 17.5 Å². The second kappa shape index (κ2) is 8.86. The Morgan fingerprint density at radius 2 is 1.74 bits per heavy atom. The van der Waals surface area contributed by atoms with Crippen LogP contribution in [0.3, 0.4) is 0 Å². The van der Waals surface area contributed by atoms with E-state index >= 15 is 0 Å². The van der Waals surface area contributed by atoms with E-state index in [0.717, 1.165) is 5.56 Å². The number of nitrogens with zero attached hydrogens (tertiary/aromatic N) is 1. The van der Waals surface area contributed by atoms with Crippen molar-refractivity contribution >= 4 is 33.2 Å². The van der Waals surface area contributed by atoms with Crippen LogP contribution in [0, 0.1) is 5.82 Å². The second-order valence-corrected chi connectivity index (χ2v) is 8.72. The van der Waals surface area contributed by atoms with Crippen molar-refractivity contribution in [3.63, 3.8) is 0 Å². The monoisotopic (exact) mass is 432 g/mol. The lowest BCUT2D eigenvalue weighted by molar-refractivity contribution is 0.0172. The number of morpholine rings is 1. The Kier molecular flexibility index (Phi) is 6.73. The molecule has 1 N–H and O–H groups in total. The van der Waals surface area contributed by atoms with Gasteiger partial charge in [-0.05, 0) is 35.9 Å². The second-order valence-electron chi connectivity index (χ2n) is 6.14. The van der Waals surface area contributed by atoms with Crippen molar-refractivity contribution in [2.24, 2.45) is 0 Å². The van der Waals surface area contributed by atoms with Gasteiger partial charge in [-0.25, -0.2) is 17.5 Å². The van der Waals surface area contributed by atoms with Crippen molar-refractivity contribution in [2.75, 3.05) is 32.8 Å². The Hall–Kier alpha value is -1.22. The van der Waals surface area contributed by atoms with Gasteiger partial charge in [0.2, 0.25) is 10.0 Å². The fourth-order valence-electron chi connectivity index (χ4n) is 2.95. The summed E-state index contributed by atoms with van der Waals surface area (Å²) in [5.41, 5.74) is 0.829. The van der Waals surface area contributed by atoms with E-state index < -0.39 is 10.0 Å². The van der Waals surface area contributed by atoms with E-state index in [2.05, 4.69) is 9.62 Å². The number of nitrogens with one attached hydrogen (secondary N) is 1. The fraction of sp³-hybridized carbons (Fsp3) is 0.333. The minimum Gasteiger partial charge on any atom is -0.379 e. The molecule has 0 spiro atoms. The summed E-state index contributed by atoms with van der Waals surface area (Å²) in [4.78, 5) is 2.16. The molecule has 3 rings (SSSR count). The van der Waals surface area contributed by atoms with Gasteiger partial charge in [0, 0.05) is 25.7 Å². The lowest BCUT2D eigenvalue weighted by Gasteiger charge is -2.34. The number of ether oxygens (including phenoxy) is 1. The Morgan fingerprint density at radius 3 is 2.37 bits per heavy atom. The molecule has 1 aliphatic heterocycles. The van der Waals surface area contributed by atoms with E-state index in [1.165, 1.54) is 30.3 Å². The number of halogens is 3. The first-order chi connectivity index (χ1) is 12.9. The van der Waals surface area contributed by atoms with Gasteiger partial charge in [0.25, 0.3) is 0 Å². The fourth-order valence-corrected chi connectivity index (χ4v) is 4.37. The van der Waals surface area contributed by atoms with Crippen molar-refractivity contribution in [3.05, 3.63) is 63.9 Å². The van der Waals surface area contributed by atoms with E-state index in [1.807, 2.05) is 0 Å². The summed E-state index contributed by atoms with van der Waals surface area (Å²) in [5, 5.41) is 0.455. The average Bonchev–Trinajstić information content (AvgIpc) is 2.66. The van der Waals surface area contributed by atoms with E-state index in [1.54, 1.807) is 12.1 Å². The molecule has 0 radical (unpaired) electrons. The van der Waals surface area contributed by atoms with E-state index in [0.29, 0.717) is 26.3 Å². The van der Waals surface area contributed by atoms with Crippen LogP contribution in [0.5, 0.6) is 0 Å². The van der Waals surface area contributed by atoms with Crippen LogP contribution >= 0.6 is 23.2 Å². The zero-order valence-electron chi connectivity index (χ0n) is 14.4. The lowest BCUT2D eigenvalue weighted by atomic mass is 10.0. The Balaban J connectivity index is 1.80. The molecule has 2 aromatic carbocycles. The normalized spacial score (nSPS) is 17.0. The first kappa shape index (κ1) is 20.5. The molecule has 5 nitrogen and oxygen atoms in total. The zero-order valence-corrected chi connectivity index (χ0v) is 16.7. The van der Waals surface area contributed by atoms with Crippen molar-refractivity contribution in [1.82, 2.24) is 9.62 Å². The van der Waals surface area contributed by atoms with E-state index in [9.17, 15) is 12.8 Å². The third kappa shape index (κ3) is 5.19. The number of hydrogen-bond donors (Lipinski definition) is 1. The molecule has 1 fully saturated rings. The minimum atomic E-state index is -3.77. The zero-order chi connectivity index (χ0) is 19.4. The Labute approximate surface area is 168 Å². The van der Waals surface area contributed by atoms with Crippen LogP contribution in [0.1, 0.15) is 11.6 Å². The van der Waals surface area contributed by atoms with Crippen molar-refractivity contribution in [3.8, 4) is 0 Å².